The molecule has 0 saturated heterocycles. The number of rotatable bonds is 5. The number of carboxylic acids is 1. The molecule has 1 aromatic rings. The summed E-state index contributed by atoms with van der Waals surface area (Å²) in [5.74, 6) is -0.455. The van der Waals surface area contributed by atoms with Gasteiger partial charge in [-0.2, -0.15) is 0 Å². The first-order valence-electron chi connectivity index (χ1n) is 5.00. The maximum atomic E-state index is 10.5. The lowest BCUT2D eigenvalue weighted by atomic mass is 10.3. The minimum atomic E-state index is -0.816. The first kappa shape index (κ1) is 12.8. The van der Waals surface area contributed by atoms with E-state index in [0.717, 1.165) is 0 Å². The zero-order chi connectivity index (χ0) is 12.3. The maximum Gasteiger partial charge on any atom is 0.304 e. The fourth-order valence-corrected chi connectivity index (χ4v) is 2.41. The molecule has 0 radical (unpaired) electrons. The molecule has 0 bridgehead atoms. The molecule has 0 aliphatic heterocycles. The Balaban J connectivity index is 2.77. The highest BCUT2D eigenvalue weighted by atomic mass is 32.2. The summed E-state index contributed by atoms with van der Waals surface area (Å²) in [6.07, 6.45) is 0.0928. The molecule has 16 heavy (non-hydrogen) atoms. The molecule has 0 aliphatic carbocycles. The Kier molecular flexibility index (Phi) is 4.17. The lowest BCUT2D eigenvalue weighted by Gasteiger charge is -2.13. The van der Waals surface area contributed by atoms with Crippen LogP contribution in [-0.4, -0.2) is 31.1 Å². The minimum absolute atomic E-state index is 0.0569. The second kappa shape index (κ2) is 5.20. The Morgan fingerprint density at radius 3 is 2.62 bits per heavy atom. The minimum Gasteiger partial charge on any atom is -0.481 e. The lowest BCUT2D eigenvalue weighted by molar-refractivity contribution is -0.136. The topological polar surface area (TPSA) is 94.0 Å². The maximum absolute atomic E-state index is 10.5. The fourth-order valence-electron chi connectivity index (χ4n) is 1.32. The number of thioether (sulfide) groups is 1. The predicted octanol–water partition coefficient (Wildman–Crippen LogP) is 1.40. The fraction of sp³-hybridized carbons (Fsp3) is 0.667. The average Bonchev–Trinajstić information content (AvgIpc) is 2.45. The molecular formula is C9H16N4O2S. The number of hydrogen-bond donors (Lipinski definition) is 2. The van der Waals surface area contributed by atoms with Crippen LogP contribution in [0.15, 0.2) is 5.16 Å². The number of aromatic nitrogens is 3. The molecule has 0 saturated carbocycles. The average molecular weight is 244 g/mol. The lowest BCUT2D eigenvalue weighted by Crippen LogP contribution is -2.10. The van der Waals surface area contributed by atoms with Gasteiger partial charge in [-0.1, -0.05) is 18.7 Å². The second-order valence-electron chi connectivity index (χ2n) is 3.83. The van der Waals surface area contributed by atoms with Crippen LogP contribution in [0.25, 0.3) is 0 Å². The van der Waals surface area contributed by atoms with Crippen molar-refractivity contribution >= 4 is 23.7 Å². The molecule has 1 atom stereocenters. The van der Waals surface area contributed by atoms with Crippen LogP contribution in [-0.2, 0) is 4.79 Å². The largest absolute Gasteiger partial charge is 0.481 e. The Morgan fingerprint density at radius 1 is 1.50 bits per heavy atom. The van der Waals surface area contributed by atoms with Gasteiger partial charge < -0.3 is 10.8 Å². The third-order valence-electron chi connectivity index (χ3n) is 1.98. The molecule has 1 heterocycles. The Hall–Kier alpha value is -1.24. The second-order valence-corrected chi connectivity index (χ2v) is 5.24. The van der Waals surface area contributed by atoms with Crippen molar-refractivity contribution in [1.29, 1.82) is 0 Å². The third kappa shape index (κ3) is 3.13. The van der Waals surface area contributed by atoms with Crippen molar-refractivity contribution in [3.05, 3.63) is 0 Å². The Morgan fingerprint density at radius 2 is 2.12 bits per heavy atom. The Bertz CT molecular complexity index is 378. The zero-order valence-corrected chi connectivity index (χ0v) is 10.4. The number of aliphatic carboxylic acids is 1. The molecule has 0 fully saturated rings. The van der Waals surface area contributed by atoms with Crippen molar-refractivity contribution in [2.45, 2.75) is 43.6 Å². The van der Waals surface area contributed by atoms with Gasteiger partial charge in [0.05, 0.1) is 6.42 Å². The van der Waals surface area contributed by atoms with E-state index in [4.69, 9.17) is 10.8 Å². The SMILES string of the molecule is CC(CC(=O)O)Sc1nnc(N)n1C(C)C. The van der Waals surface area contributed by atoms with E-state index >= 15 is 0 Å². The summed E-state index contributed by atoms with van der Waals surface area (Å²) in [6, 6.07) is 0.162. The highest BCUT2D eigenvalue weighted by Gasteiger charge is 2.17. The summed E-state index contributed by atoms with van der Waals surface area (Å²) in [7, 11) is 0. The number of anilines is 1. The monoisotopic (exact) mass is 244 g/mol. The van der Waals surface area contributed by atoms with Crippen LogP contribution in [0.4, 0.5) is 5.95 Å². The van der Waals surface area contributed by atoms with Crippen LogP contribution >= 0.6 is 11.8 Å². The van der Waals surface area contributed by atoms with Crippen molar-refractivity contribution in [3.63, 3.8) is 0 Å². The molecule has 1 unspecified atom stereocenters. The van der Waals surface area contributed by atoms with E-state index in [9.17, 15) is 4.79 Å². The number of carboxylic acid groups (broad SMARTS) is 1. The van der Waals surface area contributed by atoms with E-state index in [1.807, 2.05) is 20.8 Å². The molecule has 0 spiro atoms. The molecular weight excluding hydrogens is 228 g/mol. The van der Waals surface area contributed by atoms with Gasteiger partial charge in [-0.15, -0.1) is 10.2 Å². The first-order chi connectivity index (χ1) is 7.41. The molecule has 0 amide bonds. The number of carbonyl (C=O) groups is 1. The van der Waals surface area contributed by atoms with Gasteiger partial charge in [-0.05, 0) is 13.8 Å². The molecule has 0 aliphatic rings. The van der Waals surface area contributed by atoms with E-state index in [0.29, 0.717) is 11.1 Å². The molecule has 90 valence electrons. The summed E-state index contributed by atoms with van der Waals surface area (Å²) in [5.41, 5.74) is 5.68. The van der Waals surface area contributed by atoms with E-state index in [1.165, 1.54) is 11.8 Å². The molecule has 1 rings (SSSR count). The van der Waals surface area contributed by atoms with E-state index in [-0.39, 0.29) is 17.7 Å². The summed E-state index contributed by atoms with van der Waals surface area (Å²) in [4.78, 5) is 10.5. The smallest absolute Gasteiger partial charge is 0.304 e. The summed E-state index contributed by atoms with van der Waals surface area (Å²) in [6.45, 7) is 5.80. The van der Waals surface area contributed by atoms with Gasteiger partial charge >= 0.3 is 5.97 Å². The van der Waals surface area contributed by atoms with Gasteiger partial charge in [0, 0.05) is 11.3 Å². The van der Waals surface area contributed by atoms with Crippen molar-refractivity contribution < 1.29 is 9.90 Å². The van der Waals surface area contributed by atoms with Crippen LogP contribution in [0.3, 0.4) is 0 Å². The Labute approximate surface area is 98.2 Å². The van der Waals surface area contributed by atoms with Gasteiger partial charge in [0.15, 0.2) is 5.16 Å². The molecule has 0 aromatic carbocycles. The van der Waals surface area contributed by atoms with Gasteiger partial charge in [0.2, 0.25) is 5.95 Å². The first-order valence-corrected chi connectivity index (χ1v) is 5.88. The predicted molar refractivity (Wildman–Crippen MR) is 62.4 cm³/mol. The van der Waals surface area contributed by atoms with Gasteiger partial charge in [-0.25, -0.2) is 0 Å². The van der Waals surface area contributed by atoms with Crippen molar-refractivity contribution in [2.24, 2.45) is 0 Å². The van der Waals surface area contributed by atoms with Crippen LogP contribution in [0, 0.1) is 0 Å². The highest BCUT2D eigenvalue weighted by Crippen LogP contribution is 2.27. The zero-order valence-electron chi connectivity index (χ0n) is 9.54. The standard InChI is InChI=1S/C9H16N4O2S/c1-5(2)13-8(10)11-12-9(13)16-6(3)4-7(14)15/h5-6H,4H2,1-3H3,(H2,10,11)(H,14,15). The number of hydrogen-bond acceptors (Lipinski definition) is 5. The number of nitrogens with zero attached hydrogens (tertiary/aromatic N) is 3. The van der Waals surface area contributed by atoms with E-state index < -0.39 is 5.97 Å². The van der Waals surface area contributed by atoms with Crippen LogP contribution in [0.5, 0.6) is 0 Å². The molecule has 3 N–H and O–H groups in total. The summed E-state index contributed by atoms with van der Waals surface area (Å²) < 4.78 is 1.79. The third-order valence-corrected chi connectivity index (χ3v) is 3.03. The van der Waals surface area contributed by atoms with Crippen LogP contribution in [0.1, 0.15) is 33.2 Å². The number of nitrogen functional groups attached to an aromatic ring is 1. The van der Waals surface area contributed by atoms with Crippen molar-refractivity contribution in [3.8, 4) is 0 Å². The van der Waals surface area contributed by atoms with Crippen LogP contribution < -0.4 is 5.73 Å². The molecule has 1 aromatic heterocycles. The molecule has 7 heteroatoms. The van der Waals surface area contributed by atoms with Crippen molar-refractivity contribution in [1.82, 2.24) is 14.8 Å². The number of nitrogens with two attached hydrogens (primary N) is 1. The van der Waals surface area contributed by atoms with Gasteiger partial charge in [0.1, 0.15) is 0 Å². The summed E-state index contributed by atoms with van der Waals surface area (Å²) in [5, 5.41) is 17.0. The highest BCUT2D eigenvalue weighted by molar-refractivity contribution is 7.99. The quantitative estimate of drug-likeness (QED) is 0.760. The van der Waals surface area contributed by atoms with Crippen LogP contribution in [0.2, 0.25) is 0 Å². The van der Waals surface area contributed by atoms with E-state index in [2.05, 4.69) is 10.2 Å². The van der Waals surface area contributed by atoms with Gasteiger partial charge in [-0.3, -0.25) is 9.36 Å². The van der Waals surface area contributed by atoms with Crippen molar-refractivity contribution in [2.75, 3.05) is 5.73 Å². The normalized spacial score (nSPS) is 13.0. The molecule has 6 nitrogen and oxygen atoms in total. The van der Waals surface area contributed by atoms with Gasteiger partial charge in [0.25, 0.3) is 0 Å². The van der Waals surface area contributed by atoms with E-state index in [1.54, 1.807) is 4.57 Å². The summed E-state index contributed by atoms with van der Waals surface area (Å²) >= 11 is 1.38.